The van der Waals surface area contributed by atoms with Gasteiger partial charge >= 0.3 is 0 Å². The fourth-order valence-corrected chi connectivity index (χ4v) is 4.63. The van der Waals surface area contributed by atoms with E-state index < -0.39 is 20.0 Å². The Balaban J connectivity index is 3.30. The van der Waals surface area contributed by atoms with Gasteiger partial charge in [-0.15, -0.1) is 0 Å². The highest BCUT2D eigenvalue weighted by Crippen LogP contribution is 2.26. The lowest BCUT2D eigenvalue weighted by atomic mass is 9.91. The highest BCUT2D eigenvalue weighted by molar-refractivity contribution is 8.03. The van der Waals surface area contributed by atoms with Crippen molar-refractivity contribution < 1.29 is 16.8 Å². The molecule has 0 amide bonds. The summed E-state index contributed by atoms with van der Waals surface area (Å²) in [5, 5.41) is 0. The fourth-order valence-electron chi connectivity index (χ4n) is 1.65. The van der Waals surface area contributed by atoms with Gasteiger partial charge in [0.15, 0.2) is 0 Å². The van der Waals surface area contributed by atoms with Crippen molar-refractivity contribution >= 4 is 20.0 Å². The maximum Gasteiger partial charge on any atom is 0.245 e. The van der Waals surface area contributed by atoms with Crippen molar-refractivity contribution in [2.45, 2.75) is 13.8 Å². The SMILES string of the molecule is CC1C=CC(N(S(C)(=O)=O)S(C)(=O)=O)=CC1C. The molecule has 0 saturated heterocycles. The second-order valence-corrected chi connectivity index (χ2v) is 8.29. The van der Waals surface area contributed by atoms with Crippen LogP contribution in [0.5, 0.6) is 0 Å². The predicted octanol–water partition coefficient (Wildman–Crippen LogP) is 0.934. The Morgan fingerprint density at radius 1 is 1.00 bits per heavy atom. The van der Waals surface area contributed by atoms with E-state index in [0.29, 0.717) is 3.71 Å². The average Bonchev–Trinajstić information content (AvgIpc) is 2.06. The molecule has 1 rings (SSSR count). The lowest BCUT2D eigenvalue weighted by molar-refractivity contribution is 0.516. The molecule has 0 N–H and O–H groups in total. The van der Waals surface area contributed by atoms with E-state index in [1.54, 1.807) is 6.08 Å². The van der Waals surface area contributed by atoms with Gasteiger partial charge in [0.2, 0.25) is 20.0 Å². The van der Waals surface area contributed by atoms with Gasteiger partial charge in [0, 0.05) is 0 Å². The van der Waals surface area contributed by atoms with Gasteiger partial charge in [0.25, 0.3) is 0 Å². The van der Waals surface area contributed by atoms with Crippen LogP contribution in [0.15, 0.2) is 23.9 Å². The van der Waals surface area contributed by atoms with Crippen LogP contribution in [-0.2, 0) is 20.0 Å². The van der Waals surface area contributed by atoms with Crippen LogP contribution < -0.4 is 0 Å². The molecule has 0 aliphatic heterocycles. The average molecular weight is 279 g/mol. The van der Waals surface area contributed by atoms with Crippen molar-refractivity contribution in [2.75, 3.05) is 12.5 Å². The van der Waals surface area contributed by atoms with E-state index in [1.165, 1.54) is 6.08 Å². The minimum atomic E-state index is -3.84. The first kappa shape index (κ1) is 14.2. The van der Waals surface area contributed by atoms with Crippen LogP contribution in [0.2, 0.25) is 0 Å². The van der Waals surface area contributed by atoms with Gasteiger partial charge in [0.05, 0.1) is 18.2 Å². The summed E-state index contributed by atoms with van der Waals surface area (Å²) in [7, 11) is -7.67. The zero-order valence-electron chi connectivity index (χ0n) is 10.3. The van der Waals surface area contributed by atoms with Gasteiger partial charge in [-0.1, -0.05) is 26.0 Å². The van der Waals surface area contributed by atoms with Crippen molar-refractivity contribution in [2.24, 2.45) is 11.8 Å². The van der Waals surface area contributed by atoms with E-state index in [0.717, 1.165) is 12.5 Å². The second-order valence-electron chi connectivity index (χ2n) is 4.39. The standard InChI is InChI=1S/C10H17NO4S2/c1-8-5-6-10(7-9(8)2)11(16(3,12)13)17(4,14)15/h5-9H,1-4H3. The van der Waals surface area contributed by atoms with Gasteiger partial charge in [-0.05, 0) is 17.9 Å². The Kier molecular flexibility index (Phi) is 3.73. The summed E-state index contributed by atoms with van der Waals surface area (Å²) in [5.74, 6) is 0.362. The highest BCUT2D eigenvalue weighted by atomic mass is 32.3. The molecule has 2 unspecified atom stereocenters. The van der Waals surface area contributed by atoms with Crippen molar-refractivity contribution in [1.82, 2.24) is 3.71 Å². The molecule has 1 aliphatic carbocycles. The Bertz CT molecular complexity index is 525. The molecule has 0 heterocycles. The molecular weight excluding hydrogens is 262 g/mol. The number of nitrogens with zero attached hydrogens (tertiary/aromatic N) is 1. The number of hydrogen-bond acceptors (Lipinski definition) is 4. The summed E-state index contributed by atoms with van der Waals surface area (Å²) in [5.41, 5.74) is 0.195. The van der Waals surface area contributed by atoms with Crippen molar-refractivity contribution in [3.8, 4) is 0 Å². The Hall–Kier alpha value is -0.820. The summed E-state index contributed by atoms with van der Waals surface area (Å²) in [6, 6.07) is 0. The number of allylic oxidation sites excluding steroid dienone is 3. The minimum absolute atomic E-state index is 0.0981. The number of sulfonamides is 2. The quantitative estimate of drug-likeness (QED) is 0.770. The summed E-state index contributed by atoms with van der Waals surface area (Å²) in [4.78, 5) is 0. The third kappa shape index (κ3) is 3.32. The van der Waals surface area contributed by atoms with Crippen LogP contribution in [0.4, 0.5) is 0 Å². The molecule has 0 radical (unpaired) electrons. The molecule has 17 heavy (non-hydrogen) atoms. The molecule has 0 saturated carbocycles. The smallest absolute Gasteiger partial charge is 0.206 e. The zero-order valence-corrected chi connectivity index (χ0v) is 11.9. The van der Waals surface area contributed by atoms with E-state index >= 15 is 0 Å². The van der Waals surface area contributed by atoms with Gasteiger partial charge in [0.1, 0.15) is 0 Å². The first-order valence-electron chi connectivity index (χ1n) is 5.14. The van der Waals surface area contributed by atoms with E-state index in [2.05, 4.69) is 0 Å². The predicted molar refractivity (Wildman–Crippen MR) is 67.1 cm³/mol. The summed E-state index contributed by atoms with van der Waals surface area (Å²) >= 11 is 0. The van der Waals surface area contributed by atoms with Crippen LogP contribution in [-0.4, -0.2) is 33.1 Å². The van der Waals surface area contributed by atoms with Crippen molar-refractivity contribution in [3.63, 3.8) is 0 Å². The summed E-state index contributed by atoms with van der Waals surface area (Å²) in [6.07, 6.45) is 6.76. The van der Waals surface area contributed by atoms with Crippen LogP contribution in [0.3, 0.4) is 0 Å². The Morgan fingerprint density at radius 2 is 1.47 bits per heavy atom. The normalized spacial score (nSPS) is 25.5. The van der Waals surface area contributed by atoms with Gasteiger partial charge in [-0.2, -0.15) is 3.71 Å². The molecule has 1 aliphatic rings. The minimum Gasteiger partial charge on any atom is -0.206 e. The fraction of sp³-hybridized carbons (Fsp3) is 0.600. The molecule has 7 heteroatoms. The van der Waals surface area contributed by atoms with Crippen LogP contribution in [0.1, 0.15) is 13.8 Å². The maximum atomic E-state index is 11.5. The van der Waals surface area contributed by atoms with Crippen LogP contribution in [0, 0.1) is 11.8 Å². The van der Waals surface area contributed by atoms with Gasteiger partial charge in [-0.3, -0.25) is 0 Å². The zero-order chi connectivity index (χ0) is 13.4. The first-order chi connectivity index (χ1) is 7.53. The highest BCUT2D eigenvalue weighted by Gasteiger charge is 2.29. The number of rotatable bonds is 3. The van der Waals surface area contributed by atoms with Gasteiger partial charge in [-0.25, -0.2) is 16.8 Å². The molecule has 2 atom stereocenters. The monoisotopic (exact) mass is 279 g/mol. The molecule has 5 nitrogen and oxygen atoms in total. The third-order valence-corrected chi connectivity index (χ3v) is 5.90. The topological polar surface area (TPSA) is 71.5 Å². The molecular formula is C10H17NO4S2. The molecule has 98 valence electrons. The van der Waals surface area contributed by atoms with Crippen LogP contribution >= 0.6 is 0 Å². The second kappa shape index (κ2) is 4.45. The molecule has 0 aromatic heterocycles. The Morgan fingerprint density at radius 3 is 1.82 bits per heavy atom. The van der Waals surface area contributed by atoms with E-state index in [4.69, 9.17) is 0 Å². The van der Waals surface area contributed by atoms with Gasteiger partial charge < -0.3 is 0 Å². The largest absolute Gasteiger partial charge is 0.245 e. The molecule has 0 aromatic carbocycles. The van der Waals surface area contributed by atoms with Crippen molar-refractivity contribution in [1.29, 1.82) is 0 Å². The molecule has 0 bridgehead atoms. The lowest BCUT2D eigenvalue weighted by Crippen LogP contribution is -2.35. The van der Waals surface area contributed by atoms with Crippen molar-refractivity contribution in [3.05, 3.63) is 23.9 Å². The first-order valence-corrected chi connectivity index (χ1v) is 8.83. The summed E-state index contributed by atoms with van der Waals surface area (Å²) in [6.45, 7) is 3.90. The maximum absolute atomic E-state index is 11.5. The summed E-state index contributed by atoms with van der Waals surface area (Å²) < 4.78 is 46.6. The van der Waals surface area contributed by atoms with E-state index in [-0.39, 0.29) is 17.5 Å². The molecule has 0 fully saturated rings. The molecule has 0 aromatic rings. The molecule has 0 spiro atoms. The number of hydrogen-bond donors (Lipinski definition) is 0. The third-order valence-electron chi connectivity index (χ3n) is 2.65. The Labute approximate surface area is 103 Å². The lowest BCUT2D eigenvalue weighted by Gasteiger charge is -2.26. The van der Waals surface area contributed by atoms with Crippen LogP contribution in [0.25, 0.3) is 0 Å². The van der Waals surface area contributed by atoms with E-state index in [9.17, 15) is 16.8 Å². The van der Waals surface area contributed by atoms with E-state index in [1.807, 2.05) is 19.9 Å².